The molecule has 0 saturated carbocycles. The van der Waals surface area contributed by atoms with Gasteiger partial charge in [-0.3, -0.25) is 9.10 Å². The highest BCUT2D eigenvalue weighted by atomic mass is 35.5. The summed E-state index contributed by atoms with van der Waals surface area (Å²) >= 11 is 6.12. The van der Waals surface area contributed by atoms with Crippen molar-refractivity contribution >= 4 is 33.2 Å². The zero-order chi connectivity index (χ0) is 20.6. The van der Waals surface area contributed by atoms with Crippen LogP contribution in [0.25, 0.3) is 0 Å². The van der Waals surface area contributed by atoms with Gasteiger partial charge in [-0.1, -0.05) is 48.0 Å². The predicted molar refractivity (Wildman–Crippen MR) is 115 cm³/mol. The maximum atomic E-state index is 12.2. The Morgan fingerprint density at radius 1 is 1.07 bits per heavy atom. The molecule has 0 bridgehead atoms. The summed E-state index contributed by atoms with van der Waals surface area (Å²) in [5, 5.41) is 3.41. The average molecular weight is 423 g/mol. The quantitative estimate of drug-likeness (QED) is 0.589. The monoisotopic (exact) mass is 422 g/mol. The fourth-order valence-corrected chi connectivity index (χ4v) is 4.15. The number of anilines is 1. The second kappa shape index (κ2) is 10.5. The topological polar surface area (TPSA) is 66.5 Å². The van der Waals surface area contributed by atoms with Crippen LogP contribution in [0, 0.1) is 6.92 Å². The highest BCUT2D eigenvalue weighted by molar-refractivity contribution is 7.92. The number of nitrogens with zero attached hydrogens (tertiary/aromatic N) is 1. The molecule has 1 N–H and O–H groups in total. The molecule has 0 aromatic heterocycles. The molecule has 0 spiro atoms. The highest BCUT2D eigenvalue weighted by Gasteiger charge is 2.20. The number of sulfonamides is 1. The molecule has 1 amide bonds. The van der Waals surface area contributed by atoms with Crippen LogP contribution in [0.15, 0.2) is 48.5 Å². The van der Waals surface area contributed by atoms with E-state index in [1.165, 1.54) is 9.87 Å². The summed E-state index contributed by atoms with van der Waals surface area (Å²) in [6.45, 7) is 2.63. The van der Waals surface area contributed by atoms with Crippen LogP contribution in [0.5, 0.6) is 0 Å². The van der Waals surface area contributed by atoms with E-state index in [1.807, 2.05) is 18.2 Å². The molecule has 0 fully saturated rings. The van der Waals surface area contributed by atoms with Crippen LogP contribution in [0.1, 0.15) is 30.4 Å². The van der Waals surface area contributed by atoms with E-state index in [2.05, 4.69) is 17.4 Å². The lowest BCUT2D eigenvalue weighted by Crippen LogP contribution is -2.32. The van der Waals surface area contributed by atoms with E-state index in [-0.39, 0.29) is 18.9 Å². The van der Waals surface area contributed by atoms with Crippen LogP contribution in [0.2, 0.25) is 5.02 Å². The minimum absolute atomic E-state index is 0.0654. The Kier molecular flexibility index (Phi) is 8.33. The lowest BCUT2D eigenvalue weighted by molar-refractivity contribution is -0.121. The summed E-state index contributed by atoms with van der Waals surface area (Å²) in [7, 11) is -3.46. The van der Waals surface area contributed by atoms with Crippen molar-refractivity contribution in [3.05, 3.63) is 64.7 Å². The van der Waals surface area contributed by atoms with Crippen LogP contribution in [-0.2, 0) is 21.2 Å². The molecule has 2 rings (SSSR count). The van der Waals surface area contributed by atoms with E-state index in [1.54, 1.807) is 25.1 Å². The van der Waals surface area contributed by atoms with E-state index in [0.29, 0.717) is 29.2 Å². The number of aryl methyl sites for hydroxylation is 1. The van der Waals surface area contributed by atoms with Crippen LogP contribution >= 0.6 is 11.6 Å². The Morgan fingerprint density at radius 2 is 1.79 bits per heavy atom. The number of hydrogen-bond donors (Lipinski definition) is 1. The minimum Gasteiger partial charge on any atom is -0.356 e. The smallest absolute Gasteiger partial charge is 0.232 e. The Labute approximate surface area is 172 Å². The number of amides is 1. The number of hydrogen-bond acceptors (Lipinski definition) is 3. The van der Waals surface area contributed by atoms with Crippen LogP contribution in [-0.4, -0.2) is 33.7 Å². The summed E-state index contributed by atoms with van der Waals surface area (Å²) in [5.41, 5.74) is 2.51. The normalized spacial score (nSPS) is 11.2. The fourth-order valence-electron chi connectivity index (χ4n) is 2.97. The molecule has 5 nitrogen and oxygen atoms in total. The van der Waals surface area contributed by atoms with E-state index >= 15 is 0 Å². The van der Waals surface area contributed by atoms with E-state index in [0.717, 1.165) is 19.1 Å². The van der Waals surface area contributed by atoms with Gasteiger partial charge in [0.05, 0.1) is 11.9 Å². The van der Waals surface area contributed by atoms with E-state index < -0.39 is 10.0 Å². The van der Waals surface area contributed by atoms with Gasteiger partial charge in [-0.05, 0) is 49.4 Å². The van der Waals surface area contributed by atoms with Crippen molar-refractivity contribution in [1.82, 2.24) is 5.32 Å². The van der Waals surface area contributed by atoms with Gasteiger partial charge in [0.15, 0.2) is 0 Å². The first-order valence-electron chi connectivity index (χ1n) is 9.32. The molecule has 7 heteroatoms. The van der Waals surface area contributed by atoms with Gasteiger partial charge in [0.25, 0.3) is 0 Å². The first kappa shape index (κ1) is 22.2. The third-order valence-corrected chi connectivity index (χ3v) is 6.07. The molecule has 0 saturated heterocycles. The fraction of sp³-hybridized carbons (Fsp3) is 0.381. The third kappa shape index (κ3) is 6.84. The molecule has 0 aliphatic carbocycles. The summed E-state index contributed by atoms with van der Waals surface area (Å²) in [6.07, 6.45) is 3.65. The van der Waals surface area contributed by atoms with Crippen molar-refractivity contribution < 1.29 is 13.2 Å². The van der Waals surface area contributed by atoms with Gasteiger partial charge in [-0.2, -0.15) is 0 Å². The molecule has 0 aliphatic rings. The second-order valence-electron chi connectivity index (χ2n) is 6.76. The standard InChI is InChI=1S/C21H27ClN2O3S/c1-17-19(22)12-6-13-20(17)24(28(2,26)27)16-8-14-21(25)23-15-7-11-18-9-4-3-5-10-18/h3-6,9-10,12-13H,7-8,11,14-16H2,1-2H3,(H,23,25). The summed E-state index contributed by atoms with van der Waals surface area (Å²) in [4.78, 5) is 12.0. The van der Waals surface area contributed by atoms with Crippen molar-refractivity contribution in [3.8, 4) is 0 Å². The summed E-state index contributed by atoms with van der Waals surface area (Å²) in [5.74, 6) is -0.0654. The number of nitrogens with one attached hydrogen (secondary N) is 1. The Balaban J connectivity index is 1.80. The first-order chi connectivity index (χ1) is 13.3. The van der Waals surface area contributed by atoms with Gasteiger partial charge in [-0.15, -0.1) is 0 Å². The lowest BCUT2D eigenvalue weighted by Gasteiger charge is -2.24. The largest absolute Gasteiger partial charge is 0.356 e. The van der Waals surface area contributed by atoms with Crippen molar-refractivity contribution in [3.63, 3.8) is 0 Å². The van der Waals surface area contributed by atoms with Crippen molar-refractivity contribution in [2.24, 2.45) is 0 Å². The van der Waals surface area contributed by atoms with Gasteiger partial charge in [0, 0.05) is 24.5 Å². The third-order valence-electron chi connectivity index (χ3n) is 4.48. The van der Waals surface area contributed by atoms with Gasteiger partial charge in [0.1, 0.15) is 0 Å². The number of rotatable bonds is 10. The van der Waals surface area contributed by atoms with Gasteiger partial charge >= 0.3 is 0 Å². The van der Waals surface area contributed by atoms with Crippen molar-refractivity contribution in [1.29, 1.82) is 0 Å². The SMILES string of the molecule is Cc1c(Cl)cccc1N(CCCC(=O)NCCCc1ccccc1)S(C)(=O)=O. The molecule has 0 aliphatic heterocycles. The molecule has 0 radical (unpaired) electrons. The molecule has 2 aromatic carbocycles. The van der Waals surface area contributed by atoms with E-state index in [4.69, 9.17) is 11.6 Å². The first-order valence-corrected chi connectivity index (χ1v) is 11.5. The molecule has 0 heterocycles. The molecule has 0 atom stereocenters. The minimum atomic E-state index is -3.46. The van der Waals surface area contributed by atoms with Gasteiger partial charge < -0.3 is 5.32 Å². The Bertz CT molecular complexity index is 886. The molecule has 28 heavy (non-hydrogen) atoms. The van der Waals surface area contributed by atoms with Crippen molar-refractivity contribution in [2.75, 3.05) is 23.7 Å². The molecule has 2 aromatic rings. The summed E-state index contributed by atoms with van der Waals surface area (Å²) < 4.78 is 25.7. The van der Waals surface area contributed by atoms with Crippen molar-refractivity contribution in [2.45, 2.75) is 32.6 Å². The maximum Gasteiger partial charge on any atom is 0.232 e. The number of carbonyl (C=O) groups is 1. The molecular formula is C21H27ClN2O3S. The zero-order valence-corrected chi connectivity index (χ0v) is 17.9. The second-order valence-corrected chi connectivity index (χ2v) is 9.08. The average Bonchev–Trinajstić information content (AvgIpc) is 2.65. The maximum absolute atomic E-state index is 12.2. The molecular weight excluding hydrogens is 396 g/mol. The van der Waals surface area contributed by atoms with E-state index in [9.17, 15) is 13.2 Å². The lowest BCUT2D eigenvalue weighted by atomic mass is 10.1. The number of benzene rings is 2. The number of halogens is 1. The Hall–Kier alpha value is -2.05. The number of carbonyl (C=O) groups excluding carboxylic acids is 1. The molecule has 0 unspecified atom stereocenters. The van der Waals surface area contributed by atoms with Gasteiger partial charge in [0.2, 0.25) is 15.9 Å². The zero-order valence-electron chi connectivity index (χ0n) is 16.3. The highest BCUT2D eigenvalue weighted by Crippen LogP contribution is 2.28. The summed E-state index contributed by atoms with van der Waals surface area (Å²) in [6, 6.07) is 15.3. The predicted octanol–water partition coefficient (Wildman–Crippen LogP) is 3.94. The van der Waals surface area contributed by atoms with Crippen LogP contribution in [0.4, 0.5) is 5.69 Å². The van der Waals surface area contributed by atoms with Crippen LogP contribution in [0.3, 0.4) is 0 Å². The molecule has 152 valence electrons. The Morgan fingerprint density at radius 3 is 2.46 bits per heavy atom. The van der Waals surface area contributed by atoms with Gasteiger partial charge in [-0.25, -0.2) is 8.42 Å². The van der Waals surface area contributed by atoms with Crippen LogP contribution < -0.4 is 9.62 Å².